The van der Waals surface area contributed by atoms with Crippen LogP contribution in [0.15, 0.2) is 23.1 Å². The van der Waals surface area contributed by atoms with E-state index in [1.54, 1.807) is 17.9 Å². The number of fused-ring (bicyclic) bond motifs is 2. The van der Waals surface area contributed by atoms with E-state index in [1.807, 2.05) is 0 Å². The van der Waals surface area contributed by atoms with Gasteiger partial charge in [0, 0.05) is 31.2 Å². The van der Waals surface area contributed by atoms with Crippen molar-refractivity contribution in [3.8, 4) is 0 Å². The van der Waals surface area contributed by atoms with Crippen molar-refractivity contribution in [2.45, 2.75) is 30.7 Å². The van der Waals surface area contributed by atoms with Gasteiger partial charge in [0.2, 0.25) is 0 Å². The van der Waals surface area contributed by atoms with Gasteiger partial charge in [0.05, 0.1) is 5.56 Å². The molecule has 1 aromatic carbocycles. The highest BCUT2D eigenvalue weighted by Gasteiger charge is 2.44. The Morgan fingerprint density at radius 3 is 2.65 bits per heavy atom. The highest BCUT2D eigenvalue weighted by molar-refractivity contribution is 7.90. The Hall–Kier alpha value is -1.64. The fourth-order valence-corrected chi connectivity index (χ4v) is 5.98. The Balaban J connectivity index is 0.00000196. The summed E-state index contributed by atoms with van der Waals surface area (Å²) in [5, 5.41) is 0. The summed E-state index contributed by atoms with van der Waals surface area (Å²) in [4.78, 5) is 26.7. The molecule has 1 aromatic rings. The summed E-state index contributed by atoms with van der Waals surface area (Å²) in [7, 11) is -3.86. The van der Waals surface area contributed by atoms with Crippen molar-refractivity contribution in [1.82, 2.24) is 9.21 Å². The van der Waals surface area contributed by atoms with E-state index in [0.717, 1.165) is 17.1 Å². The Morgan fingerprint density at radius 2 is 2.00 bits per heavy atom. The molecule has 2 aliphatic heterocycles. The van der Waals surface area contributed by atoms with Crippen LogP contribution in [0.25, 0.3) is 0 Å². The molecule has 7 nitrogen and oxygen atoms in total. The maximum absolute atomic E-state index is 12.8. The van der Waals surface area contributed by atoms with E-state index in [2.05, 4.69) is 0 Å². The van der Waals surface area contributed by atoms with Crippen LogP contribution >= 0.6 is 12.4 Å². The minimum absolute atomic E-state index is 0. The molecule has 0 aromatic heterocycles. The van der Waals surface area contributed by atoms with E-state index in [1.165, 1.54) is 12.1 Å². The standard InChI is InChI=1S/C17H21N3O4S.ClH/c1-2-20-17(22)12-5-3-10(7-15(12)25(20,23)24)16(21)19-8-11-4-6-14(18)13(11)9-19;/h3,5,7,11,13-14H,2,4,6,8-9,18H2,1H3;1H. The third-order valence-corrected chi connectivity index (χ3v) is 7.64. The summed E-state index contributed by atoms with van der Waals surface area (Å²) < 4.78 is 25.8. The first-order valence-corrected chi connectivity index (χ1v) is 10.0. The number of carbonyl (C=O) groups excluding carboxylic acids is 2. The lowest BCUT2D eigenvalue weighted by molar-refractivity contribution is 0.0778. The van der Waals surface area contributed by atoms with Crippen LogP contribution in [0.3, 0.4) is 0 Å². The molecule has 0 bridgehead atoms. The number of benzene rings is 1. The lowest BCUT2D eigenvalue weighted by atomic mass is 9.98. The molecule has 142 valence electrons. The monoisotopic (exact) mass is 399 g/mol. The van der Waals surface area contributed by atoms with Crippen LogP contribution in [-0.4, -0.2) is 55.1 Å². The molecule has 1 saturated carbocycles. The van der Waals surface area contributed by atoms with Gasteiger partial charge in [-0.05, 0) is 49.8 Å². The van der Waals surface area contributed by atoms with Crippen LogP contribution in [0.5, 0.6) is 0 Å². The maximum atomic E-state index is 12.8. The molecule has 0 spiro atoms. The fraction of sp³-hybridized carbons (Fsp3) is 0.529. The van der Waals surface area contributed by atoms with Crippen molar-refractivity contribution in [3.05, 3.63) is 29.3 Å². The van der Waals surface area contributed by atoms with Gasteiger partial charge in [0.25, 0.3) is 21.8 Å². The molecular weight excluding hydrogens is 378 g/mol. The number of carbonyl (C=O) groups is 2. The van der Waals surface area contributed by atoms with Gasteiger partial charge in [-0.25, -0.2) is 12.7 Å². The summed E-state index contributed by atoms with van der Waals surface area (Å²) in [5.74, 6) is 0.0497. The van der Waals surface area contributed by atoms with Crippen molar-refractivity contribution in [3.63, 3.8) is 0 Å². The number of nitrogens with two attached hydrogens (primary N) is 1. The van der Waals surface area contributed by atoms with Crippen molar-refractivity contribution in [2.75, 3.05) is 19.6 Å². The smallest absolute Gasteiger partial charge is 0.268 e. The summed E-state index contributed by atoms with van der Waals surface area (Å²) >= 11 is 0. The molecular formula is C17H22ClN3O4S. The zero-order valence-electron chi connectivity index (χ0n) is 14.4. The van der Waals surface area contributed by atoms with Gasteiger partial charge < -0.3 is 10.6 Å². The SMILES string of the molecule is CCN1C(=O)c2ccc(C(=O)N3CC4CCC(N)C4C3)cc2S1(=O)=O.Cl. The molecule has 1 aliphatic carbocycles. The summed E-state index contributed by atoms with van der Waals surface area (Å²) in [6.45, 7) is 2.97. The van der Waals surface area contributed by atoms with Gasteiger partial charge in [0.1, 0.15) is 4.90 Å². The van der Waals surface area contributed by atoms with Gasteiger partial charge in [0.15, 0.2) is 0 Å². The van der Waals surface area contributed by atoms with Crippen molar-refractivity contribution >= 4 is 34.2 Å². The summed E-state index contributed by atoms with van der Waals surface area (Å²) in [6, 6.07) is 4.47. The van der Waals surface area contributed by atoms with Gasteiger partial charge in [-0.3, -0.25) is 9.59 Å². The van der Waals surface area contributed by atoms with Crippen molar-refractivity contribution < 1.29 is 18.0 Å². The number of nitrogens with zero attached hydrogens (tertiary/aromatic N) is 2. The topological polar surface area (TPSA) is 101 Å². The molecule has 3 atom stereocenters. The Bertz CT molecular complexity index is 873. The average molecular weight is 400 g/mol. The van der Waals surface area contributed by atoms with Crippen molar-refractivity contribution in [2.24, 2.45) is 17.6 Å². The van der Waals surface area contributed by atoms with Crippen LogP contribution in [0.1, 0.15) is 40.5 Å². The first-order chi connectivity index (χ1) is 11.8. The quantitative estimate of drug-likeness (QED) is 0.801. The van der Waals surface area contributed by atoms with E-state index in [-0.39, 0.29) is 41.4 Å². The van der Waals surface area contributed by atoms with Gasteiger partial charge in [-0.15, -0.1) is 12.4 Å². The van der Waals surface area contributed by atoms with Crippen LogP contribution in [0, 0.1) is 11.8 Å². The molecule has 2 amide bonds. The third-order valence-electron chi connectivity index (χ3n) is 5.74. The lowest BCUT2D eigenvalue weighted by Crippen LogP contribution is -2.33. The Morgan fingerprint density at radius 1 is 1.27 bits per heavy atom. The van der Waals surface area contributed by atoms with Crippen LogP contribution in [0.2, 0.25) is 0 Å². The minimum atomic E-state index is -3.86. The predicted molar refractivity (Wildman–Crippen MR) is 97.7 cm³/mol. The van der Waals surface area contributed by atoms with Crippen LogP contribution in [0.4, 0.5) is 0 Å². The minimum Gasteiger partial charge on any atom is -0.338 e. The lowest BCUT2D eigenvalue weighted by Gasteiger charge is -2.19. The second kappa shape index (κ2) is 6.51. The average Bonchev–Trinajstić information content (AvgIpc) is 3.21. The van der Waals surface area contributed by atoms with E-state index in [0.29, 0.717) is 30.5 Å². The number of likely N-dealkylation sites (tertiary alicyclic amines) is 1. The number of sulfonamides is 1. The number of halogens is 1. The molecule has 2 fully saturated rings. The molecule has 1 saturated heterocycles. The molecule has 3 unspecified atom stereocenters. The first-order valence-electron chi connectivity index (χ1n) is 8.60. The molecule has 2 heterocycles. The second-order valence-electron chi connectivity index (χ2n) is 7.06. The molecule has 26 heavy (non-hydrogen) atoms. The zero-order valence-corrected chi connectivity index (χ0v) is 16.1. The number of amides is 2. The number of rotatable bonds is 2. The number of hydrogen-bond acceptors (Lipinski definition) is 5. The molecule has 3 aliphatic rings. The van der Waals surface area contributed by atoms with Crippen LogP contribution in [-0.2, 0) is 10.0 Å². The first kappa shape index (κ1) is 19.1. The van der Waals surface area contributed by atoms with Gasteiger partial charge in [-0.2, -0.15) is 0 Å². The summed E-state index contributed by atoms with van der Waals surface area (Å²) in [5.41, 5.74) is 6.56. The van der Waals surface area contributed by atoms with E-state index >= 15 is 0 Å². The maximum Gasteiger partial charge on any atom is 0.268 e. The molecule has 4 rings (SSSR count). The van der Waals surface area contributed by atoms with Gasteiger partial charge in [-0.1, -0.05) is 0 Å². The third kappa shape index (κ3) is 2.62. The zero-order chi connectivity index (χ0) is 17.9. The fourth-order valence-electron chi connectivity index (χ4n) is 4.38. The Labute approximate surface area is 159 Å². The predicted octanol–water partition coefficient (Wildman–Crippen LogP) is 1.08. The van der Waals surface area contributed by atoms with E-state index < -0.39 is 15.9 Å². The van der Waals surface area contributed by atoms with E-state index in [9.17, 15) is 18.0 Å². The second-order valence-corrected chi connectivity index (χ2v) is 8.89. The normalized spacial score (nSPS) is 28.7. The highest BCUT2D eigenvalue weighted by atomic mass is 35.5. The molecule has 2 N–H and O–H groups in total. The highest BCUT2D eigenvalue weighted by Crippen LogP contribution is 2.38. The molecule has 0 radical (unpaired) electrons. The van der Waals surface area contributed by atoms with Crippen molar-refractivity contribution in [1.29, 1.82) is 0 Å². The molecule has 9 heteroatoms. The number of hydrogen-bond donors (Lipinski definition) is 1. The van der Waals surface area contributed by atoms with E-state index in [4.69, 9.17) is 5.73 Å². The largest absolute Gasteiger partial charge is 0.338 e. The Kier molecular flexibility index (Phi) is 4.79. The summed E-state index contributed by atoms with van der Waals surface area (Å²) in [6.07, 6.45) is 2.04. The van der Waals surface area contributed by atoms with Gasteiger partial charge >= 0.3 is 0 Å². The van der Waals surface area contributed by atoms with Crippen LogP contribution < -0.4 is 5.73 Å².